The molecule has 1 aromatic heterocycles. The lowest BCUT2D eigenvalue weighted by Crippen LogP contribution is -2.39. The Morgan fingerprint density at radius 2 is 2.06 bits per heavy atom. The minimum atomic E-state index is -0.627. The number of benzene rings is 1. The number of primary amides is 1. The Kier molecular flexibility index (Phi) is 8.20. The van der Waals surface area contributed by atoms with Crippen LogP contribution < -0.4 is 31.3 Å². The van der Waals surface area contributed by atoms with E-state index in [0.717, 1.165) is 31.0 Å². The van der Waals surface area contributed by atoms with E-state index >= 15 is 0 Å². The van der Waals surface area contributed by atoms with Crippen LogP contribution in [0.4, 0.5) is 17.3 Å². The highest BCUT2D eigenvalue weighted by atomic mass is 16.5. The molecule has 2 amide bonds. The van der Waals surface area contributed by atoms with Gasteiger partial charge in [-0.25, -0.2) is 9.97 Å². The van der Waals surface area contributed by atoms with Gasteiger partial charge in [0.25, 0.3) is 5.91 Å². The van der Waals surface area contributed by atoms with E-state index < -0.39 is 5.91 Å². The van der Waals surface area contributed by atoms with Gasteiger partial charge < -0.3 is 31.3 Å². The minimum Gasteiger partial charge on any atom is -0.493 e. The molecule has 1 aromatic carbocycles. The summed E-state index contributed by atoms with van der Waals surface area (Å²) in [5.41, 5.74) is 7.17. The molecule has 0 atom stereocenters. The maximum absolute atomic E-state index is 12.0. The molecule has 1 aliphatic heterocycles. The summed E-state index contributed by atoms with van der Waals surface area (Å²) < 4.78 is 5.79. The normalized spacial score (nSPS) is 12.8. The number of aromatic nitrogens is 2. The number of likely N-dealkylation sites (N-methyl/N-ethyl adjacent to an activating group) is 1. The van der Waals surface area contributed by atoms with Gasteiger partial charge in [0, 0.05) is 31.4 Å². The molecular formula is C22H31N7O3. The lowest BCUT2D eigenvalue weighted by molar-refractivity contribution is -0.120. The number of aryl methyl sites for hydroxylation is 1. The van der Waals surface area contributed by atoms with Crippen molar-refractivity contribution in [1.82, 2.24) is 20.6 Å². The van der Waals surface area contributed by atoms with Crippen molar-refractivity contribution in [2.24, 2.45) is 5.73 Å². The first kappa shape index (κ1) is 23.3. The topological polar surface area (TPSA) is 134 Å². The Bertz CT molecular complexity index is 947. The summed E-state index contributed by atoms with van der Waals surface area (Å²) in [7, 11) is 1.73. The van der Waals surface area contributed by atoms with Crippen molar-refractivity contribution in [1.29, 1.82) is 0 Å². The number of nitrogens with two attached hydrogens (primary N) is 1. The Morgan fingerprint density at radius 1 is 1.25 bits per heavy atom. The number of hydrogen-bond donors (Lipinski definition) is 4. The van der Waals surface area contributed by atoms with Crippen LogP contribution >= 0.6 is 0 Å². The number of nitrogens with one attached hydrogen (secondary N) is 3. The smallest absolute Gasteiger partial charge is 0.271 e. The maximum atomic E-state index is 12.0. The second-order valence-electron chi connectivity index (χ2n) is 7.48. The van der Waals surface area contributed by atoms with Crippen molar-refractivity contribution in [2.45, 2.75) is 26.2 Å². The third-order valence-corrected chi connectivity index (χ3v) is 5.02. The van der Waals surface area contributed by atoms with E-state index in [-0.39, 0.29) is 11.6 Å². The zero-order valence-corrected chi connectivity index (χ0v) is 18.6. The van der Waals surface area contributed by atoms with Crippen LogP contribution in [-0.4, -0.2) is 61.6 Å². The van der Waals surface area contributed by atoms with E-state index in [1.807, 2.05) is 31.2 Å². The van der Waals surface area contributed by atoms with E-state index in [9.17, 15) is 9.59 Å². The molecule has 0 radical (unpaired) electrons. The van der Waals surface area contributed by atoms with Crippen molar-refractivity contribution < 1.29 is 14.3 Å². The number of hydrogen-bond acceptors (Lipinski definition) is 8. The van der Waals surface area contributed by atoms with Gasteiger partial charge in [0.2, 0.25) is 5.91 Å². The van der Waals surface area contributed by atoms with Crippen LogP contribution in [0.25, 0.3) is 0 Å². The average Bonchev–Trinajstić information content (AvgIpc) is 2.73. The van der Waals surface area contributed by atoms with Crippen LogP contribution in [0.5, 0.6) is 5.75 Å². The van der Waals surface area contributed by atoms with Crippen LogP contribution in [0.1, 0.15) is 35.9 Å². The Balaban J connectivity index is 1.66. The predicted octanol–water partition coefficient (Wildman–Crippen LogP) is 1.20. The third kappa shape index (κ3) is 6.07. The number of ether oxygens (including phenoxy) is 1. The lowest BCUT2D eigenvalue weighted by Gasteiger charge is -2.33. The molecule has 0 unspecified atom stereocenters. The van der Waals surface area contributed by atoms with E-state index in [0.29, 0.717) is 49.8 Å². The molecule has 1 saturated heterocycles. The number of rotatable bonds is 12. The van der Waals surface area contributed by atoms with Crippen LogP contribution in [-0.2, 0) is 11.2 Å². The van der Waals surface area contributed by atoms with Gasteiger partial charge >= 0.3 is 0 Å². The highest BCUT2D eigenvalue weighted by Gasteiger charge is 2.23. The van der Waals surface area contributed by atoms with E-state index in [1.165, 1.54) is 0 Å². The second kappa shape index (κ2) is 11.3. The number of nitrogens with zero attached hydrogens (tertiary/aromatic N) is 3. The predicted molar refractivity (Wildman–Crippen MR) is 124 cm³/mol. The fraction of sp³-hybridized carbons (Fsp3) is 0.455. The standard InChI is InChI=1S/C22H31N7O3/c1-3-17-22(29-10-6-11-29)28-21(19(27-17)20(23)31)26-15-7-4-8-16(13-15)32-12-5-9-25-18(30)14-24-2/h4,7-8,13,24H,3,5-6,9-12,14H2,1-2H3,(H2,23,31)(H,25,30)(H,26,28). The molecule has 10 nitrogen and oxygen atoms in total. The monoisotopic (exact) mass is 441 g/mol. The SMILES string of the molecule is CCc1nc(C(N)=O)c(Nc2cccc(OCCCNC(=O)CNC)c2)nc1N1CCC1. The van der Waals surface area contributed by atoms with Gasteiger partial charge in [0.15, 0.2) is 17.3 Å². The first-order valence-electron chi connectivity index (χ1n) is 10.9. The van der Waals surface area contributed by atoms with Gasteiger partial charge in [-0.05, 0) is 38.4 Å². The molecule has 10 heteroatoms. The van der Waals surface area contributed by atoms with E-state index in [2.05, 4.69) is 25.8 Å². The lowest BCUT2D eigenvalue weighted by atomic mass is 10.2. The van der Waals surface area contributed by atoms with Gasteiger partial charge in [-0.3, -0.25) is 9.59 Å². The summed E-state index contributed by atoms with van der Waals surface area (Å²) in [6.07, 6.45) is 2.46. The molecule has 0 saturated carbocycles. The number of amides is 2. The van der Waals surface area contributed by atoms with Crippen LogP contribution in [0.15, 0.2) is 24.3 Å². The van der Waals surface area contributed by atoms with E-state index in [4.69, 9.17) is 15.5 Å². The number of carbonyl (C=O) groups is 2. The summed E-state index contributed by atoms with van der Waals surface area (Å²) in [4.78, 5) is 34.8. The van der Waals surface area contributed by atoms with Crippen molar-refractivity contribution in [3.05, 3.63) is 35.7 Å². The van der Waals surface area contributed by atoms with Gasteiger partial charge in [-0.1, -0.05) is 13.0 Å². The fourth-order valence-corrected chi connectivity index (χ4v) is 3.25. The van der Waals surface area contributed by atoms with Gasteiger partial charge in [-0.2, -0.15) is 0 Å². The van der Waals surface area contributed by atoms with Crippen LogP contribution in [0.2, 0.25) is 0 Å². The largest absolute Gasteiger partial charge is 0.493 e. The molecule has 0 bridgehead atoms. The first-order chi connectivity index (χ1) is 15.5. The van der Waals surface area contributed by atoms with Gasteiger partial charge in [0.1, 0.15) is 5.75 Å². The molecule has 2 aromatic rings. The van der Waals surface area contributed by atoms with Crippen molar-refractivity contribution in [3.8, 4) is 5.75 Å². The average molecular weight is 442 g/mol. The van der Waals surface area contributed by atoms with Crippen LogP contribution in [0.3, 0.4) is 0 Å². The van der Waals surface area contributed by atoms with E-state index in [1.54, 1.807) is 7.05 Å². The summed E-state index contributed by atoms with van der Waals surface area (Å²) >= 11 is 0. The van der Waals surface area contributed by atoms with Crippen molar-refractivity contribution >= 4 is 29.1 Å². The van der Waals surface area contributed by atoms with Gasteiger partial charge in [-0.15, -0.1) is 0 Å². The third-order valence-electron chi connectivity index (χ3n) is 5.02. The maximum Gasteiger partial charge on any atom is 0.271 e. The Morgan fingerprint density at radius 3 is 2.72 bits per heavy atom. The summed E-state index contributed by atoms with van der Waals surface area (Å²) in [5, 5.41) is 8.78. The Labute approximate surface area is 187 Å². The zero-order valence-electron chi connectivity index (χ0n) is 18.6. The highest BCUT2D eigenvalue weighted by Crippen LogP contribution is 2.28. The Hall–Kier alpha value is -3.40. The quantitative estimate of drug-likeness (QED) is 0.361. The molecule has 32 heavy (non-hydrogen) atoms. The molecular weight excluding hydrogens is 410 g/mol. The number of anilines is 3. The van der Waals surface area contributed by atoms with Crippen molar-refractivity contribution in [3.63, 3.8) is 0 Å². The molecule has 0 spiro atoms. The summed E-state index contributed by atoms with van der Waals surface area (Å²) in [6, 6.07) is 7.37. The highest BCUT2D eigenvalue weighted by molar-refractivity contribution is 5.96. The molecule has 5 N–H and O–H groups in total. The van der Waals surface area contributed by atoms with Crippen molar-refractivity contribution in [2.75, 3.05) is 50.1 Å². The molecule has 1 fully saturated rings. The molecule has 2 heterocycles. The van der Waals surface area contributed by atoms with Crippen LogP contribution in [0, 0.1) is 0 Å². The minimum absolute atomic E-state index is 0.0447. The summed E-state index contributed by atoms with van der Waals surface area (Å²) in [6.45, 7) is 5.13. The number of carbonyl (C=O) groups excluding carboxylic acids is 2. The zero-order chi connectivity index (χ0) is 22.9. The van der Waals surface area contributed by atoms with Gasteiger partial charge in [0.05, 0.1) is 18.8 Å². The molecule has 3 rings (SSSR count). The molecule has 172 valence electrons. The fourth-order valence-electron chi connectivity index (χ4n) is 3.25. The molecule has 1 aliphatic rings. The molecule has 0 aliphatic carbocycles. The second-order valence-corrected chi connectivity index (χ2v) is 7.48. The first-order valence-corrected chi connectivity index (χ1v) is 10.9. The summed E-state index contributed by atoms with van der Waals surface area (Å²) in [5.74, 6) is 1.12.